The topological polar surface area (TPSA) is 78.9 Å². The number of nitrogens with zero attached hydrogens (tertiary/aromatic N) is 1. The van der Waals surface area contributed by atoms with E-state index in [9.17, 15) is 9.59 Å². The van der Waals surface area contributed by atoms with Crippen LogP contribution in [-0.2, 0) is 9.53 Å². The minimum absolute atomic E-state index is 0.0508. The molecule has 0 unspecified atom stereocenters. The molecule has 1 aliphatic rings. The number of amides is 2. The number of carboxylic acid groups (broad SMARTS) is 1. The van der Waals surface area contributed by atoms with E-state index in [1.165, 1.54) is 0 Å². The molecule has 0 aromatic heterocycles. The molecule has 6 heteroatoms. The van der Waals surface area contributed by atoms with E-state index >= 15 is 0 Å². The Hall–Kier alpha value is -1.30. The number of urea groups is 1. The second-order valence-corrected chi connectivity index (χ2v) is 4.89. The smallest absolute Gasteiger partial charge is 0.317 e. The molecule has 0 saturated carbocycles. The van der Waals surface area contributed by atoms with Crippen molar-refractivity contribution in [3.63, 3.8) is 0 Å². The van der Waals surface area contributed by atoms with Gasteiger partial charge in [0.25, 0.3) is 0 Å². The molecular formula is C13H24N2O4. The van der Waals surface area contributed by atoms with Crippen LogP contribution < -0.4 is 5.32 Å². The second-order valence-electron chi connectivity index (χ2n) is 4.89. The summed E-state index contributed by atoms with van der Waals surface area (Å²) in [4.78, 5) is 23.9. The third-order valence-electron chi connectivity index (χ3n) is 3.40. The number of carbonyl (C=O) groups is 2. The van der Waals surface area contributed by atoms with Crippen LogP contribution in [0.3, 0.4) is 0 Å². The summed E-state index contributed by atoms with van der Waals surface area (Å²) in [6.07, 6.45) is 4.30. The highest BCUT2D eigenvalue weighted by molar-refractivity contribution is 5.74. The van der Waals surface area contributed by atoms with Gasteiger partial charge in [-0.3, -0.25) is 4.79 Å². The Morgan fingerprint density at radius 2 is 1.95 bits per heavy atom. The first-order valence-electron chi connectivity index (χ1n) is 6.91. The largest absolute Gasteiger partial charge is 0.481 e. The van der Waals surface area contributed by atoms with E-state index in [0.29, 0.717) is 13.0 Å². The van der Waals surface area contributed by atoms with E-state index < -0.39 is 5.97 Å². The molecule has 1 fully saturated rings. The minimum Gasteiger partial charge on any atom is -0.481 e. The fourth-order valence-electron chi connectivity index (χ4n) is 2.14. The molecule has 110 valence electrons. The fourth-order valence-corrected chi connectivity index (χ4v) is 2.14. The van der Waals surface area contributed by atoms with Gasteiger partial charge in [0.1, 0.15) is 0 Å². The summed E-state index contributed by atoms with van der Waals surface area (Å²) in [5.41, 5.74) is 0. The van der Waals surface area contributed by atoms with E-state index in [4.69, 9.17) is 9.84 Å². The molecule has 0 bridgehead atoms. The monoisotopic (exact) mass is 272 g/mol. The van der Waals surface area contributed by atoms with Gasteiger partial charge < -0.3 is 20.1 Å². The molecule has 0 radical (unpaired) electrons. The summed E-state index contributed by atoms with van der Waals surface area (Å²) in [5, 5.41) is 11.4. The van der Waals surface area contributed by atoms with E-state index in [1.807, 2.05) is 7.05 Å². The predicted molar refractivity (Wildman–Crippen MR) is 71.1 cm³/mol. The van der Waals surface area contributed by atoms with Gasteiger partial charge in [-0.1, -0.05) is 6.42 Å². The third-order valence-corrected chi connectivity index (χ3v) is 3.40. The molecule has 0 spiro atoms. The lowest BCUT2D eigenvalue weighted by molar-refractivity contribution is -0.137. The van der Waals surface area contributed by atoms with Crippen molar-refractivity contribution in [2.45, 2.75) is 44.6 Å². The minimum atomic E-state index is -0.761. The van der Waals surface area contributed by atoms with Crippen LogP contribution in [0.5, 0.6) is 0 Å². The highest BCUT2D eigenvalue weighted by Crippen LogP contribution is 2.12. The molecule has 1 aliphatic heterocycles. The number of hydrogen-bond donors (Lipinski definition) is 2. The highest BCUT2D eigenvalue weighted by atomic mass is 16.5. The summed E-state index contributed by atoms with van der Waals surface area (Å²) >= 11 is 0. The Bertz CT molecular complexity index is 290. The Morgan fingerprint density at radius 1 is 1.26 bits per heavy atom. The summed E-state index contributed by atoms with van der Waals surface area (Å²) in [6, 6.07) is 0.214. The van der Waals surface area contributed by atoms with Crippen molar-refractivity contribution in [1.82, 2.24) is 10.2 Å². The molecule has 1 saturated heterocycles. The maximum atomic E-state index is 11.9. The molecule has 2 amide bonds. The van der Waals surface area contributed by atoms with E-state index in [2.05, 4.69) is 5.32 Å². The highest BCUT2D eigenvalue weighted by Gasteiger charge is 2.21. The van der Waals surface area contributed by atoms with Gasteiger partial charge in [0, 0.05) is 39.3 Å². The van der Waals surface area contributed by atoms with Crippen LogP contribution in [0.4, 0.5) is 4.79 Å². The first kappa shape index (κ1) is 15.8. The quantitative estimate of drug-likeness (QED) is 0.688. The van der Waals surface area contributed by atoms with Crippen LogP contribution in [0.1, 0.15) is 38.5 Å². The molecule has 19 heavy (non-hydrogen) atoms. The Kier molecular flexibility index (Phi) is 7.25. The normalized spacial score (nSPS) is 16.1. The van der Waals surface area contributed by atoms with Crippen molar-refractivity contribution in [2.24, 2.45) is 0 Å². The SMILES string of the molecule is CN(C(=O)NCCCCCC(=O)O)C1CCOCC1. The molecule has 1 rings (SSSR count). The van der Waals surface area contributed by atoms with Gasteiger partial charge in [0.2, 0.25) is 0 Å². The van der Waals surface area contributed by atoms with Gasteiger partial charge >= 0.3 is 12.0 Å². The number of nitrogens with one attached hydrogen (secondary N) is 1. The molecule has 6 nitrogen and oxygen atoms in total. The molecule has 0 atom stereocenters. The van der Waals surface area contributed by atoms with Crippen LogP contribution >= 0.6 is 0 Å². The Balaban J connectivity index is 2.07. The van der Waals surface area contributed by atoms with Crippen molar-refractivity contribution in [2.75, 3.05) is 26.8 Å². The third kappa shape index (κ3) is 6.42. The van der Waals surface area contributed by atoms with Gasteiger partial charge in [0.15, 0.2) is 0 Å². The number of aliphatic carboxylic acids is 1. The lowest BCUT2D eigenvalue weighted by atomic mass is 10.1. The van der Waals surface area contributed by atoms with Gasteiger partial charge in [-0.05, 0) is 25.7 Å². The van der Waals surface area contributed by atoms with Gasteiger partial charge in [0.05, 0.1) is 0 Å². The average Bonchev–Trinajstić information content (AvgIpc) is 2.42. The van der Waals surface area contributed by atoms with Crippen molar-refractivity contribution in [3.8, 4) is 0 Å². The summed E-state index contributed by atoms with van der Waals surface area (Å²) in [5.74, 6) is -0.761. The standard InChI is InChI=1S/C13H24N2O4/c1-15(11-6-9-19-10-7-11)13(18)14-8-4-2-3-5-12(16)17/h11H,2-10H2,1H3,(H,14,18)(H,16,17). The first-order chi connectivity index (χ1) is 9.11. The van der Waals surface area contributed by atoms with Crippen LogP contribution in [0, 0.1) is 0 Å². The van der Waals surface area contributed by atoms with E-state index in [1.54, 1.807) is 4.90 Å². The van der Waals surface area contributed by atoms with E-state index in [-0.39, 0.29) is 18.5 Å². The molecule has 0 aliphatic carbocycles. The van der Waals surface area contributed by atoms with Crippen molar-refractivity contribution >= 4 is 12.0 Å². The molecule has 1 heterocycles. The Labute approximate surface area is 114 Å². The number of ether oxygens (including phenoxy) is 1. The fraction of sp³-hybridized carbons (Fsp3) is 0.846. The van der Waals surface area contributed by atoms with Gasteiger partial charge in [-0.2, -0.15) is 0 Å². The first-order valence-corrected chi connectivity index (χ1v) is 6.91. The van der Waals surface area contributed by atoms with Crippen LogP contribution in [0.15, 0.2) is 0 Å². The molecular weight excluding hydrogens is 248 g/mol. The molecule has 0 aromatic carbocycles. The maximum absolute atomic E-state index is 11.9. The Morgan fingerprint density at radius 3 is 2.58 bits per heavy atom. The number of unbranched alkanes of at least 4 members (excludes halogenated alkanes) is 2. The molecule has 2 N–H and O–H groups in total. The second kappa shape index (κ2) is 8.74. The predicted octanol–water partition coefficient (Wildman–Crippen LogP) is 1.45. The number of rotatable bonds is 7. The van der Waals surface area contributed by atoms with Gasteiger partial charge in [-0.15, -0.1) is 0 Å². The van der Waals surface area contributed by atoms with Crippen LogP contribution in [-0.4, -0.2) is 54.9 Å². The van der Waals surface area contributed by atoms with Crippen LogP contribution in [0.25, 0.3) is 0 Å². The summed E-state index contributed by atoms with van der Waals surface area (Å²) in [7, 11) is 1.82. The number of carbonyl (C=O) groups excluding carboxylic acids is 1. The summed E-state index contributed by atoms with van der Waals surface area (Å²) < 4.78 is 5.27. The van der Waals surface area contributed by atoms with Crippen molar-refractivity contribution in [3.05, 3.63) is 0 Å². The number of hydrogen-bond acceptors (Lipinski definition) is 3. The van der Waals surface area contributed by atoms with E-state index in [0.717, 1.165) is 38.9 Å². The zero-order valence-corrected chi connectivity index (χ0v) is 11.6. The van der Waals surface area contributed by atoms with Crippen molar-refractivity contribution < 1.29 is 19.4 Å². The number of carboxylic acids is 1. The molecule has 0 aromatic rings. The zero-order chi connectivity index (χ0) is 14.1. The lowest BCUT2D eigenvalue weighted by Gasteiger charge is -2.31. The summed E-state index contributed by atoms with van der Waals surface area (Å²) in [6.45, 7) is 2.04. The van der Waals surface area contributed by atoms with Gasteiger partial charge in [-0.25, -0.2) is 4.79 Å². The van der Waals surface area contributed by atoms with Crippen LogP contribution in [0.2, 0.25) is 0 Å². The lowest BCUT2D eigenvalue weighted by Crippen LogP contribution is -2.46. The maximum Gasteiger partial charge on any atom is 0.317 e. The zero-order valence-electron chi connectivity index (χ0n) is 11.6. The van der Waals surface area contributed by atoms with Crippen molar-refractivity contribution in [1.29, 1.82) is 0 Å². The average molecular weight is 272 g/mol.